The Balaban J connectivity index is 2.19. The lowest BCUT2D eigenvalue weighted by molar-refractivity contribution is -0.131. The Labute approximate surface area is 191 Å². The Hall–Kier alpha value is -3.33. The Bertz CT molecular complexity index is 1310. The summed E-state index contributed by atoms with van der Waals surface area (Å²) in [5.74, 6) is 1.16. The number of carboxylic acid groups (broad SMARTS) is 1. The van der Waals surface area contributed by atoms with Gasteiger partial charge in [0.1, 0.15) is 17.3 Å². The average Bonchev–Trinajstić information content (AvgIpc) is 3.07. The van der Waals surface area contributed by atoms with Gasteiger partial charge in [0.05, 0.1) is 24.4 Å². The number of benzene rings is 2. The van der Waals surface area contributed by atoms with Gasteiger partial charge in [-0.15, -0.1) is 0 Å². The van der Waals surface area contributed by atoms with Crippen LogP contribution in [-0.4, -0.2) is 33.3 Å². The highest BCUT2D eigenvalue weighted by molar-refractivity contribution is 7.63. The molecular weight excluding hydrogens is 444 g/mol. The fourth-order valence-corrected chi connectivity index (χ4v) is 4.64. The highest BCUT2D eigenvalue weighted by Crippen LogP contribution is 2.42. The van der Waals surface area contributed by atoms with Gasteiger partial charge in [-0.05, 0) is 60.3 Å². The minimum Gasteiger partial charge on any atom is -0.497 e. The van der Waals surface area contributed by atoms with E-state index < -0.39 is 19.5 Å². The van der Waals surface area contributed by atoms with Gasteiger partial charge in [0, 0.05) is 11.1 Å². The molecule has 2 N–H and O–H groups in total. The lowest BCUT2D eigenvalue weighted by Gasteiger charge is -2.11. The van der Waals surface area contributed by atoms with Crippen molar-refractivity contribution in [2.75, 3.05) is 12.8 Å². The Morgan fingerprint density at radius 1 is 1.21 bits per heavy atom. The molecular formula is C25H25FNO5P. The predicted molar refractivity (Wildman–Crippen MR) is 126 cm³/mol. The fourth-order valence-electron chi connectivity index (χ4n) is 3.68. The van der Waals surface area contributed by atoms with Crippen molar-refractivity contribution in [2.45, 2.75) is 26.7 Å². The van der Waals surface area contributed by atoms with Gasteiger partial charge in [-0.3, -0.25) is 4.57 Å². The summed E-state index contributed by atoms with van der Waals surface area (Å²) in [5.41, 5.74) is 5.39. The zero-order valence-corrected chi connectivity index (χ0v) is 19.5. The minimum absolute atomic E-state index is 0.0462. The van der Waals surface area contributed by atoms with Crippen LogP contribution in [0.5, 0.6) is 0 Å². The van der Waals surface area contributed by atoms with Crippen LogP contribution in [-0.2, 0) is 14.1 Å². The number of aliphatic carboxylic acids is 1. The topological polar surface area (TPSA) is 88.8 Å². The molecule has 1 aromatic heterocycles. The van der Waals surface area contributed by atoms with Crippen molar-refractivity contribution < 1.29 is 28.5 Å². The van der Waals surface area contributed by atoms with Crippen molar-refractivity contribution >= 4 is 24.2 Å². The molecule has 8 heteroatoms. The van der Waals surface area contributed by atoms with Crippen LogP contribution in [0.3, 0.4) is 0 Å². The van der Waals surface area contributed by atoms with E-state index in [-0.39, 0.29) is 24.1 Å². The first-order valence-corrected chi connectivity index (χ1v) is 12.3. The maximum atomic E-state index is 13.6. The maximum Gasteiger partial charge on any atom is 0.331 e. The van der Waals surface area contributed by atoms with Gasteiger partial charge in [0.15, 0.2) is 0 Å². The third kappa shape index (κ3) is 5.73. The molecule has 1 unspecified atom stereocenters. The van der Waals surface area contributed by atoms with E-state index in [0.717, 1.165) is 22.5 Å². The Morgan fingerprint density at radius 3 is 2.48 bits per heavy atom. The first kappa shape index (κ1) is 24.3. The molecule has 0 fully saturated rings. The molecule has 0 aliphatic rings. The number of nitrogens with zero attached hydrogens (tertiary/aromatic N) is 1. The molecule has 1 heterocycles. The maximum absolute atomic E-state index is 13.6. The van der Waals surface area contributed by atoms with Crippen LogP contribution in [0.4, 0.5) is 4.39 Å². The average molecular weight is 469 g/mol. The van der Waals surface area contributed by atoms with E-state index in [1.165, 1.54) is 12.1 Å². The summed E-state index contributed by atoms with van der Waals surface area (Å²) in [5, 5.41) is 9.92. The standard InChI is InChI=1S/C25H25FNO5P/c1-4-32-20(15-24(28)29)16-33(30,31)14-13-23-25(17(2)3)21-7-5-6-8-22(21)27(23)19-11-9-18(26)10-12-19/h5-12,15,17H,4,16H2,1-3H3,(H,28,29)(H,30,31)/b20-15+. The minimum atomic E-state index is -4.10. The zero-order chi connectivity index (χ0) is 24.2. The predicted octanol–water partition coefficient (Wildman–Crippen LogP) is 5.48. The number of carbonyl (C=O) groups is 1. The number of halogens is 1. The van der Waals surface area contributed by atoms with E-state index in [4.69, 9.17) is 9.84 Å². The number of rotatable bonds is 7. The van der Waals surface area contributed by atoms with Crippen LogP contribution in [0.25, 0.3) is 16.6 Å². The Kier molecular flexibility index (Phi) is 7.43. The van der Waals surface area contributed by atoms with Gasteiger partial charge < -0.3 is 19.3 Å². The van der Waals surface area contributed by atoms with E-state index in [1.54, 1.807) is 19.1 Å². The fraction of sp³-hybridized carbons (Fsp3) is 0.240. The first-order valence-electron chi connectivity index (χ1n) is 10.4. The van der Waals surface area contributed by atoms with E-state index in [1.807, 2.05) is 42.7 Å². The van der Waals surface area contributed by atoms with Crippen molar-refractivity contribution in [1.29, 1.82) is 0 Å². The van der Waals surface area contributed by atoms with Gasteiger partial charge in [-0.1, -0.05) is 32.0 Å². The van der Waals surface area contributed by atoms with Crippen LogP contribution >= 0.6 is 7.37 Å². The second-order valence-electron chi connectivity index (χ2n) is 7.72. The highest BCUT2D eigenvalue weighted by atomic mass is 31.2. The number of allylic oxidation sites excluding steroid dienone is 1. The first-order chi connectivity index (χ1) is 15.6. The van der Waals surface area contributed by atoms with Crippen LogP contribution in [0.15, 0.2) is 60.4 Å². The van der Waals surface area contributed by atoms with Crippen molar-refractivity contribution in [3.8, 4) is 17.3 Å². The molecule has 6 nitrogen and oxygen atoms in total. The molecule has 2 aromatic carbocycles. The van der Waals surface area contributed by atoms with Crippen LogP contribution in [0.1, 0.15) is 37.9 Å². The molecule has 3 rings (SSSR count). The molecule has 0 aliphatic heterocycles. The quantitative estimate of drug-likeness (QED) is 0.207. The molecule has 0 bridgehead atoms. The number of ether oxygens (including phenoxy) is 1. The summed E-state index contributed by atoms with van der Waals surface area (Å²) in [6.45, 7) is 5.81. The molecule has 0 spiro atoms. The molecule has 0 aliphatic carbocycles. The molecule has 172 valence electrons. The smallest absolute Gasteiger partial charge is 0.331 e. The van der Waals surface area contributed by atoms with Gasteiger partial charge in [-0.2, -0.15) is 0 Å². The summed E-state index contributed by atoms with van der Waals surface area (Å²) in [6.07, 6.45) is 0.247. The molecule has 0 saturated heterocycles. The number of hydrogen-bond acceptors (Lipinski definition) is 3. The summed E-state index contributed by atoms with van der Waals surface area (Å²) in [6, 6.07) is 13.6. The highest BCUT2D eigenvalue weighted by Gasteiger charge is 2.22. The van der Waals surface area contributed by atoms with Gasteiger partial charge in [0.25, 0.3) is 7.37 Å². The van der Waals surface area contributed by atoms with E-state index in [2.05, 4.69) is 11.6 Å². The second kappa shape index (κ2) is 10.1. The summed E-state index contributed by atoms with van der Waals surface area (Å²) in [7, 11) is -4.10. The monoisotopic (exact) mass is 469 g/mol. The summed E-state index contributed by atoms with van der Waals surface area (Å²) in [4.78, 5) is 21.5. The van der Waals surface area contributed by atoms with Crippen LogP contribution < -0.4 is 0 Å². The van der Waals surface area contributed by atoms with Gasteiger partial charge in [0.2, 0.25) is 0 Å². The summed E-state index contributed by atoms with van der Waals surface area (Å²) < 4.78 is 33.5. The van der Waals surface area contributed by atoms with Crippen molar-refractivity contribution in [3.05, 3.63) is 77.4 Å². The Morgan fingerprint density at radius 2 is 1.88 bits per heavy atom. The molecule has 33 heavy (non-hydrogen) atoms. The van der Waals surface area contributed by atoms with Crippen LogP contribution in [0, 0.1) is 17.4 Å². The number of para-hydroxylation sites is 1. The third-order valence-corrected chi connectivity index (χ3v) is 6.11. The van der Waals surface area contributed by atoms with Gasteiger partial charge in [-0.25, -0.2) is 9.18 Å². The normalized spacial score (nSPS) is 13.5. The van der Waals surface area contributed by atoms with E-state index >= 15 is 0 Å². The van der Waals surface area contributed by atoms with E-state index in [0.29, 0.717) is 11.4 Å². The molecule has 1 atom stereocenters. The van der Waals surface area contributed by atoms with E-state index in [9.17, 15) is 18.6 Å². The van der Waals surface area contributed by atoms with Crippen molar-refractivity contribution in [2.24, 2.45) is 0 Å². The second-order valence-corrected chi connectivity index (χ2v) is 9.67. The van der Waals surface area contributed by atoms with Crippen molar-refractivity contribution in [1.82, 2.24) is 4.57 Å². The number of fused-ring (bicyclic) bond motifs is 1. The van der Waals surface area contributed by atoms with Crippen molar-refractivity contribution in [3.63, 3.8) is 0 Å². The SMILES string of the molecule is CCO/C(=C/C(=O)O)CP(=O)(O)C#Cc1c(C(C)C)c2ccccc2n1-c1ccc(F)cc1. The zero-order valence-electron chi connectivity index (χ0n) is 18.6. The lowest BCUT2D eigenvalue weighted by Crippen LogP contribution is -2.03. The molecule has 0 saturated carbocycles. The van der Waals surface area contributed by atoms with Gasteiger partial charge >= 0.3 is 5.97 Å². The largest absolute Gasteiger partial charge is 0.497 e. The number of hydrogen-bond donors (Lipinski definition) is 2. The molecule has 0 radical (unpaired) electrons. The lowest BCUT2D eigenvalue weighted by atomic mass is 9.99. The molecule has 3 aromatic rings. The molecule has 0 amide bonds. The number of carboxylic acids is 1. The van der Waals surface area contributed by atoms with Crippen LogP contribution in [0.2, 0.25) is 0 Å². The number of aromatic nitrogens is 1. The summed E-state index contributed by atoms with van der Waals surface area (Å²) >= 11 is 0. The third-order valence-electron chi connectivity index (χ3n) is 4.91.